The van der Waals surface area contributed by atoms with Gasteiger partial charge in [0.1, 0.15) is 0 Å². The van der Waals surface area contributed by atoms with Gasteiger partial charge < -0.3 is 5.32 Å². The van der Waals surface area contributed by atoms with Crippen molar-refractivity contribution in [1.29, 1.82) is 0 Å². The molecule has 1 fully saturated rings. The van der Waals surface area contributed by atoms with E-state index in [1.54, 1.807) is 11.3 Å². The second kappa shape index (κ2) is 4.42. The number of nitrogens with zero attached hydrogens (tertiary/aromatic N) is 2. The Labute approximate surface area is 106 Å². The van der Waals surface area contributed by atoms with E-state index < -0.39 is 0 Å². The first-order valence-electron chi connectivity index (χ1n) is 6.44. The van der Waals surface area contributed by atoms with Crippen LogP contribution in [0.2, 0.25) is 0 Å². The number of hydrogen-bond acceptors (Lipinski definition) is 3. The summed E-state index contributed by atoms with van der Waals surface area (Å²) in [5.74, 6) is 0.922. The Morgan fingerprint density at radius 2 is 2.47 bits per heavy atom. The van der Waals surface area contributed by atoms with Crippen LogP contribution in [0.4, 0.5) is 0 Å². The van der Waals surface area contributed by atoms with Gasteiger partial charge >= 0.3 is 0 Å². The van der Waals surface area contributed by atoms with Gasteiger partial charge in [-0.3, -0.25) is 4.40 Å². The number of hydrogen-bond donors (Lipinski definition) is 1. The van der Waals surface area contributed by atoms with Gasteiger partial charge in [0.05, 0.1) is 11.4 Å². The summed E-state index contributed by atoms with van der Waals surface area (Å²) in [5.41, 5.74) is 2.49. The van der Waals surface area contributed by atoms with Crippen LogP contribution in [0, 0.1) is 12.8 Å². The van der Waals surface area contributed by atoms with Gasteiger partial charge in [-0.05, 0) is 25.7 Å². The summed E-state index contributed by atoms with van der Waals surface area (Å²) in [6.07, 6.45) is 6.16. The number of aromatic nitrogens is 2. The van der Waals surface area contributed by atoms with Crippen molar-refractivity contribution in [3.63, 3.8) is 0 Å². The third-order valence-corrected chi connectivity index (χ3v) is 4.43. The molecule has 4 heteroatoms. The smallest absolute Gasteiger partial charge is 0.194 e. The van der Waals surface area contributed by atoms with Crippen molar-refractivity contribution in [3.05, 3.63) is 23.0 Å². The molecular formula is C13H19N3S. The van der Waals surface area contributed by atoms with Gasteiger partial charge in [-0.25, -0.2) is 4.98 Å². The van der Waals surface area contributed by atoms with E-state index in [0.29, 0.717) is 0 Å². The highest BCUT2D eigenvalue weighted by atomic mass is 32.1. The van der Waals surface area contributed by atoms with Crippen LogP contribution in [0.3, 0.4) is 0 Å². The van der Waals surface area contributed by atoms with Gasteiger partial charge in [0.2, 0.25) is 0 Å². The summed E-state index contributed by atoms with van der Waals surface area (Å²) in [7, 11) is 0. The van der Waals surface area contributed by atoms with Crippen LogP contribution in [-0.4, -0.2) is 15.4 Å². The van der Waals surface area contributed by atoms with E-state index in [-0.39, 0.29) is 0 Å². The molecular weight excluding hydrogens is 230 g/mol. The summed E-state index contributed by atoms with van der Waals surface area (Å²) in [6, 6.07) is 0.749. The highest BCUT2D eigenvalue weighted by Crippen LogP contribution is 2.34. The highest BCUT2D eigenvalue weighted by Gasteiger charge is 2.35. The maximum atomic E-state index is 4.57. The van der Waals surface area contributed by atoms with Crippen molar-refractivity contribution in [3.8, 4) is 0 Å². The molecule has 17 heavy (non-hydrogen) atoms. The van der Waals surface area contributed by atoms with Crippen molar-refractivity contribution in [2.24, 2.45) is 5.92 Å². The zero-order valence-electron chi connectivity index (χ0n) is 10.4. The highest BCUT2D eigenvalue weighted by molar-refractivity contribution is 7.15. The van der Waals surface area contributed by atoms with Crippen molar-refractivity contribution in [1.82, 2.24) is 14.7 Å². The molecule has 2 aromatic heterocycles. The third-order valence-electron chi connectivity index (χ3n) is 3.67. The number of thiazole rings is 1. The molecule has 3 rings (SSSR count). The van der Waals surface area contributed by atoms with Gasteiger partial charge in [0.25, 0.3) is 0 Å². The lowest BCUT2D eigenvalue weighted by Crippen LogP contribution is -2.19. The first kappa shape index (κ1) is 11.2. The molecule has 0 radical (unpaired) electrons. The fraction of sp³-hybridized carbons (Fsp3) is 0.615. The van der Waals surface area contributed by atoms with Crippen LogP contribution < -0.4 is 5.32 Å². The van der Waals surface area contributed by atoms with Crippen molar-refractivity contribution in [2.75, 3.05) is 0 Å². The minimum absolute atomic E-state index is 0.749. The van der Waals surface area contributed by atoms with Crippen LogP contribution in [0.15, 0.2) is 11.6 Å². The quantitative estimate of drug-likeness (QED) is 0.882. The Balaban J connectivity index is 1.65. The number of fused-ring (bicyclic) bond motifs is 1. The average molecular weight is 249 g/mol. The number of rotatable bonds is 5. The van der Waals surface area contributed by atoms with Gasteiger partial charge in [-0.15, -0.1) is 11.3 Å². The first-order valence-corrected chi connectivity index (χ1v) is 7.32. The molecule has 0 spiro atoms. The van der Waals surface area contributed by atoms with E-state index in [4.69, 9.17) is 0 Å². The maximum absolute atomic E-state index is 4.57. The summed E-state index contributed by atoms with van der Waals surface area (Å²) in [6.45, 7) is 5.33. The van der Waals surface area contributed by atoms with Crippen molar-refractivity contribution < 1.29 is 0 Å². The van der Waals surface area contributed by atoms with Gasteiger partial charge in [-0.2, -0.15) is 0 Å². The molecule has 0 aliphatic heterocycles. The Morgan fingerprint density at radius 1 is 1.59 bits per heavy atom. The summed E-state index contributed by atoms with van der Waals surface area (Å²) >= 11 is 1.70. The molecule has 2 heterocycles. The molecule has 1 aliphatic rings. The fourth-order valence-electron chi connectivity index (χ4n) is 2.57. The molecule has 1 N–H and O–H groups in total. The van der Waals surface area contributed by atoms with Crippen molar-refractivity contribution in [2.45, 2.75) is 45.7 Å². The van der Waals surface area contributed by atoms with E-state index >= 15 is 0 Å². The Bertz CT molecular complexity index is 514. The predicted octanol–water partition coefficient (Wildman–Crippen LogP) is 2.98. The Hall–Kier alpha value is -0.870. The zero-order valence-corrected chi connectivity index (χ0v) is 11.3. The molecule has 0 bridgehead atoms. The molecule has 0 saturated heterocycles. The molecule has 1 aliphatic carbocycles. The predicted molar refractivity (Wildman–Crippen MR) is 71.4 cm³/mol. The lowest BCUT2D eigenvalue weighted by atomic mass is 10.2. The summed E-state index contributed by atoms with van der Waals surface area (Å²) in [5, 5.41) is 5.76. The zero-order chi connectivity index (χ0) is 11.8. The third kappa shape index (κ3) is 2.11. The van der Waals surface area contributed by atoms with Gasteiger partial charge in [-0.1, -0.05) is 13.3 Å². The molecule has 2 unspecified atom stereocenters. The molecule has 0 aromatic carbocycles. The van der Waals surface area contributed by atoms with Gasteiger partial charge in [0, 0.05) is 24.2 Å². The Kier molecular flexibility index (Phi) is 2.92. The van der Waals surface area contributed by atoms with Crippen LogP contribution >= 0.6 is 11.3 Å². The number of aryl methyl sites for hydroxylation is 1. The number of nitrogens with one attached hydrogen (secondary N) is 1. The van der Waals surface area contributed by atoms with Crippen molar-refractivity contribution >= 4 is 16.3 Å². The second-order valence-electron chi connectivity index (χ2n) is 4.97. The molecule has 0 amide bonds. The number of imidazole rings is 1. The van der Waals surface area contributed by atoms with E-state index in [2.05, 4.69) is 40.1 Å². The van der Waals surface area contributed by atoms with E-state index in [0.717, 1.165) is 29.2 Å². The second-order valence-corrected chi connectivity index (χ2v) is 5.84. The minimum atomic E-state index is 0.749. The first-order chi connectivity index (χ1) is 8.29. The van der Waals surface area contributed by atoms with E-state index in [1.165, 1.54) is 25.0 Å². The fourth-order valence-corrected chi connectivity index (χ4v) is 3.35. The normalized spacial score (nSPS) is 23.4. The SMILES string of the molecule is CCCC1CC1NCc1c(C)nc2sccn12. The monoisotopic (exact) mass is 249 g/mol. The van der Waals surface area contributed by atoms with Crippen LogP contribution in [0.1, 0.15) is 37.6 Å². The Morgan fingerprint density at radius 3 is 3.29 bits per heavy atom. The van der Waals surface area contributed by atoms with E-state index in [9.17, 15) is 0 Å². The van der Waals surface area contributed by atoms with Crippen LogP contribution in [0.5, 0.6) is 0 Å². The summed E-state index contributed by atoms with van der Waals surface area (Å²) < 4.78 is 2.21. The molecule has 2 atom stereocenters. The lowest BCUT2D eigenvalue weighted by molar-refractivity contribution is 0.591. The molecule has 2 aromatic rings. The molecule has 1 saturated carbocycles. The van der Waals surface area contributed by atoms with E-state index in [1.807, 2.05) is 0 Å². The minimum Gasteiger partial charge on any atom is -0.308 e. The average Bonchev–Trinajstić information content (AvgIpc) is 2.75. The molecule has 92 valence electrons. The largest absolute Gasteiger partial charge is 0.308 e. The summed E-state index contributed by atoms with van der Waals surface area (Å²) in [4.78, 5) is 5.68. The van der Waals surface area contributed by atoms with Gasteiger partial charge in [0.15, 0.2) is 4.96 Å². The lowest BCUT2D eigenvalue weighted by Gasteiger charge is -2.04. The molecule has 3 nitrogen and oxygen atoms in total. The standard InChI is InChI=1S/C13H19N3S/c1-3-4-10-7-11(10)14-8-12-9(2)15-13-16(12)5-6-17-13/h5-6,10-11,14H,3-4,7-8H2,1-2H3. The van der Waals surface area contributed by atoms with Crippen LogP contribution in [0.25, 0.3) is 4.96 Å². The van der Waals surface area contributed by atoms with Crippen LogP contribution in [-0.2, 0) is 6.54 Å². The maximum Gasteiger partial charge on any atom is 0.194 e. The topological polar surface area (TPSA) is 29.3 Å².